The van der Waals surface area contributed by atoms with Gasteiger partial charge in [0.15, 0.2) is 9.84 Å². The van der Waals surface area contributed by atoms with Crippen LogP contribution < -0.4 is 21.3 Å². The molecule has 16 heteroatoms. The molecule has 0 aromatic heterocycles. The molecule has 55 heavy (non-hydrogen) atoms. The van der Waals surface area contributed by atoms with Gasteiger partial charge in [-0.25, -0.2) is 13.2 Å². The average molecular weight is 787 g/mol. The van der Waals surface area contributed by atoms with Crippen molar-refractivity contribution in [2.75, 3.05) is 6.26 Å². The Morgan fingerprint density at radius 2 is 1.22 bits per heavy atom. The minimum absolute atomic E-state index is 0.121. The van der Waals surface area contributed by atoms with Crippen LogP contribution in [0.5, 0.6) is 0 Å². The summed E-state index contributed by atoms with van der Waals surface area (Å²) in [5, 5.41) is 11.1. The molecule has 0 aliphatic rings. The van der Waals surface area contributed by atoms with Crippen molar-refractivity contribution in [1.29, 1.82) is 0 Å². The van der Waals surface area contributed by atoms with Gasteiger partial charge in [0, 0.05) is 11.7 Å². The lowest BCUT2D eigenvalue weighted by Crippen LogP contribution is -2.56. The molecule has 302 valence electrons. The molecule has 0 spiro atoms. The van der Waals surface area contributed by atoms with Crippen molar-refractivity contribution in [3.63, 3.8) is 0 Å². The molecule has 0 aliphatic carbocycles. The number of hydrogen-bond acceptors (Lipinski definition) is 11. The van der Waals surface area contributed by atoms with E-state index in [2.05, 4.69) is 21.3 Å². The summed E-state index contributed by atoms with van der Waals surface area (Å²) in [6, 6.07) is 11.5. The molecule has 2 rings (SSSR count). The first-order chi connectivity index (χ1) is 25.4. The highest BCUT2D eigenvalue weighted by atomic mass is 32.2. The van der Waals surface area contributed by atoms with Crippen molar-refractivity contribution in [2.24, 2.45) is 5.92 Å². The Kier molecular flexibility index (Phi) is 17.1. The molecule has 1 unspecified atom stereocenters. The van der Waals surface area contributed by atoms with Crippen molar-refractivity contribution < 1.29 is 51.4 Å². The molecule has 0 saturated heterocycles. The van der Waals surface area contributed by atoms with Crippen LogP contribution >= 0.6 is 0 Å². The monoisotopic (exact) mass is 786 g/mol. The lowest BCUT2D eigenvalue weighted by molar-refractivity contribution is -0.157. The smallest absolute Gasteiger partial charge is 0.408 e. The fourth-order valence-corrected chi connectivity index (χ4v) is 5.34. The SMILES string of the molecule is CC(C)C(NC(=O)[C@@H](NC(=O)[C@H](CC(=O)OC(C)(C)C)NC(=O)OCc1ccccc1)c1ccccc1)C(=O)N[C@H](/C=C/S(C)(=O)=O)CC(=O)OC(C)(C)C. The van der Waals surface area contributed by atoms with E-state index in [0.717, 1.165) is 17.7 Å². The van der Waals surface area contributed by atoms with E-state index in [-0.39, 0.29) is 6.61 Å². The summed E-state index contributed by atoms with van der Waals surface area (Å²) in [5.74, 6) is -4.56. The number of nitrogens with one attached hydrogen (secondary N) is 4. The topological polar surface area (TPSA) is 212 Å². The quantitative estimate of drug-likeness (QED) is 0.134. The van der Waals surface area contributed by atoms with Crippen LogP contribution in [-0.4, -0.2) is 79.8 Å². The summed E-state index contributed by atoms with van der Waals surface area (Å²) in [5.41, 5.74) is -0.769. The predicted octanol–water partition coefficient (Wildman–Crippen LogP) is 3.79. The maximum Gasteiger partial charge on any atom is 0.408 e. The van der Waals surface area contributed by atoms with Crippen LogP contribution in [0.4, 0.5) is 4.79 Å². The Morgan fingerprint density at radius 1 is 0.691 bits per heavy atom. The summed E-state index contributed by atoms with van der Waals surface area (Å²) in [6.45, 7) is 13.1. The molecule has 4 atom stereocenters. The number of carbonyl (C=O) groups is 6. The van der Waals surface area contributed by atoms with Gasteiger partial charge in [0.1, 0.15) is 35.9 Å². The molecule has 0 aliphatic heterocycles. The van der Waals surface area contributed by atoms with Gasteiger partial charge in [-0.05, 0) is 58.6 Å². The Labute approximate surface area is 323 Å². The number of ether oxygens (including phenoxy) is 3. The summed E-state index contributed by atoms with van der Waals surface area (Å²) in [4.78, 5) is 79.9. The minimum atomic E-state index is -3.64. The maximum absolute atomic E-state index is 14.0. The normalized spacial score (nSPS) is 14.1. The van der Waals surface area contributed by atoms with E-state index in [0.29, 0.717) is 11.1 Å². The van der Waals surface area contributed by atoms with Crippen LogP contribution in [0.3, 0.4) is 0 Å². The summed E-state index contributed by atoms with van der Waals surface area (Å²) in [6.07, 6.45) is 0.0777. The fraction of sp³-hybridized carbons (Fsp3) is 0.487. The Bertz CT molecular complexity index is 1770. The minimum Gasteiger partial charge on any atom is -0.460 e. The number of alkyl carbamates (subject to hydrolysis) is 1. The van der Waals surface area contributed by atoms with Crippen LogP contribution in [0.25, 0.3) is 0 Å². The third kappa shape index (κ3) is 18.6. The van der Waals surface area contributed by atoms with E-state index in [1.807, 2.05) is 0 Å². The number of rotatable bonds is 17. The van der Waals surface area contributed by atoms with Crippen LogP contribution in [0, 0.1) is 5.92 Å². The van der Waals surface area contributed by atoms with Gasteiger partial charge in [-0.3, -0.25) is 24.0 Å². The van der Waals surface area contributed by atoms with Crippen LogP contribution in [-0.2, 0) is 54.6 Å². The fourth-order valence-electron chi connectivity index (χ4n) is 4.87. The highest BCUT2D eigenvalue weighted by molar-refractivity contribution is 7.93. The van der Waals surface area contributed by atoms with E-state index in [1.165, 1.54) is 0 Å². The van der Waals surface area contributed by atoms with Gasteiger partial charge in [0.2, 0.25) is 17.7 Å². The lowest BCUT2D eigenvalue weighted by atomic mass is 10.00. The Hall–Kier alpha value is -5.25. The number of amides is 4. The predicted molar refractivity (Wildman–Crippen MR) is 204 cm³/mol. The highest BCUT2D eigenvalue weighted by Crippen LogP contribution is 2.17. The molecule has 2 aromatic carbocycles. The number of hydrogen-bond donors (Lipinski definition) is 4. The van der Waals surface area contributed by atoms with Crippen molar-refractivity contribution in [3.8, 4) is 0 Å². The van der Waals surface area contributed by atoms with Crippen LogP contribution in [0.2, 0.25) is 0 Å². The summed E-state index contributed by atoms with van der Waals surface area (Å²) >= 11 is 0. The first kappa shape index (κ1) is 45.9. The molecule has 0 radical (unpaired) electrons. The number of esters is 2. The van der Waals surface area contributed by atoms with Gasteiger partial charge in [0.05, 0.1) is 18.9 Å². The zero-order valence-electron chi connectivity index (χ0n) is 32.8. The molecule has 15 nitrogen and oxygen atoms in total. The van der Waals surface area contributed by atoms with E-state index < -0.39 is 99.7 Å². The van der Waals surface area contributed by atoms with Gasteiger partial charge in [-0.15, -0.1) is 0 Å². The van der Waals surface area contributed by atoms with Gasteiger partial charge in [-0.2, -0.15) is 0 Å². The van der Waals surface area contributed by atoms with E-state index in [9.17, 15) is 37.2 Å². The van der Waals surface area contributed by atoms with Gasteiger partial charge in [0.25, 0.3) is 0 Å². The van der Waals surface area contributed by atoms with E-state index >= 15 is 0 Å². The number of carbonyl (C=O) groups excluding carboxylic acids is 6. The second-order valence-corrected chi connectivity index (χ2v) is 17.1. The Morgan fingerprint density at radius 3 is 1.73 bits per heavy atom. The first-order valence-electron chi connectivity index (χ1n) is 17.7. The molecule has 4 N–H and O–H groups in total. The van der Waals surface area contributed by atoms with Crippen molar-refractivity contribution in [1.82, 2.24) is 21.3 Å². The van der Waals surface area contributed by atoms with Gasteiger partial charge >= 0.3 is 18.0 Å². The zero-order valence-corrected chi connectivity index (χ0v) is 33.7. The average Bonchev–Trinajstić information content (AvgIpc) is 3.05. The Balaban J connectivity index is 2.37. The second-order valence-electron chi connectivity index (χ2n) is 15.2. The zero-order chi connectivity index (χ0) is 41.6. The molecular weight excluding hydrogens is 733 g/mol. The van der Waals surface area contributed by atoms with Crippen molar-refractivity contribution in [2.45, 2.75) is 110 Å². The molecule has 0 heterocycles. The molecule has 0 bridgehead atoms. The van der Waals surface area contributed by atoms with Gasteiger partial charge < -0.3 is 35.5 Å². The summed E-state index contributed by atoms with van der Waals surface area (Å²) in [7, 11) is -3.64. The molecule has 0 fully saturated rings. The van der Waals surface area contributed by atoms with E-state index in [1.54, 1.807) is 116 Å². The third-order valence-electron chi connectivity index (χ3n) is 7.23. The standard InChI is InChI=1S/C39H54N4O11S/c1-25(2)32(35(47)40-28(20-21-55(9,50)51)22-30(44)53-38(3,4)5)42-36(48)33(27-18-14-11-15-19-27)43-34(46)29(23-31(45)54-39(6,7)8)41-37(49)52-24-26-16-12-10-13-17-26/h10-21,25,28-29,32-33H,22-24H2,1-9H3,(H,40,47)(H,41,49)(H,42,48)(H,43,46)/b21-20+/t28-,29+,32?,33+/m1/s1. The second kappa shape index (κ2) is 20.4. The van der Waals surface area contributed by atoms with E-state index in [4.69, 9.17) is 14.2 Å². The molecule has 2 aromatic rings. The number of sulfone groups is 1. The molecule has 0 saturated carbocycles. The first-order valence-corrected chi connectivity index (χ1v) is 19.6. The van der Waals surface area contributed by atoms with Crippen molar-refractivity contribution in [3.05, 3.63) is 83.3 Å². The third-order valence-corrected chi connectivity index (χ3v) is 7.88. The van der Waals surface area contributed by atoms with Crippen molar-refractivity contribution >= 4 is 45.6 Å². The van der Waals surface area contributed by atoms with Crippen LogP contribution in [0.1, 0.15) is 85.4 Å². The molecule has 4 amide bonds. The number of benzene rings is 2. The summed E-state index contributed by atoms with van der Waals surface area (Å²) < 4.78 is 39.8. The van der Waals surface area contributed by atoms with Crippen LogP contribution in [0.15, 0.2) is 72.1 Å². The maximum atomic E-state index is 14.0. The largest absolute Gasteiger partial charge is 0.460 e. The lowest BCUT2D eigenvalue weighted by Gasteiger charge is -2.28. The van der Waals surface area contributed by atoms with Gasteiger partial charge in [-0.1, -0.05) is 80.6 Å². The molecular formula is C39H54N4O11S. The highest BCUT2D eigenvalue weighted by Gasteiger charge is 2.34.